The average molecular weight is 224 g/mol. The highest BCUT2D eigenvalue weighted by atomic mass is 16.5. The summed E-state index contributed by atoms with van der Waals surface area (Å²) >= 11 is 0. The zero-order valence-electron chi connectivity index (χ0n) is 9.47. The molecule has 0 spiro atoms. The molecule has 0 aliphatic rings. The Kier molecular flexibility index (Phi) is 4.79. The highest BCUT2D eigenvalue weighted by molar-refractivity contribution is 5.74. The molecule has 0 saturated carbocycles. The van der Waals surface area contributed by atoms with E-state index in [1.165, 1.54) is 7.11 Å². The summed E-state index contributed by atoms with van der Waals surface area (Å²) in [5.41, 5.74) is 0.837. The van der Waals surface area contributed by atoms with E-state index in [0.717, 1.165) is 11.3 Å². The maximum atomic E-state index is 11.0. The van der Waals surface area contributed by atoms with Crippen LogP contribution in [0.15, 0.2) is 24.3 Å². The molecule has 4 nitrogen and oxygen atoms in total. The first-order valence-corrected chi connectivity index (χ1v) is 5.15. The molecule has 1 aromatic carbocycles. The van der Waals surface area contributed by atoms with Gasteiger partial charge in [-0.15, -0.1) is 0 Å². The number of benzene rings is 1. The van der Waals surface area contributed by atoms with Gasteiger partial charge in [-0.3, -0.25) is 0 Å². The van der Waals surface area contributed by atoms with Gasteiger partial charge < -0.3 is 14.6 Å². The zero-order valence-corrected chi connectivity index (χ0v) is 9.47. The third-order valence-electron chi connectivity index (χ3n) is 2.11. The number of hydrogen-bond donors (Lipinski definition) is 1. The summed E-state index contributed by atoms with van der Waals surface area (Å²) in [5.74, 6) is 0.110. The summed E-state index contributed by atoms with van der Waals surface area (Å²) in [6.07, 6.45) is -0.894. The SMILES string of the molecule is CCOc1cccc(CC(O)C(=O)OC)c1. The van der Waals surface area contributed by atoms with Crippen molar-refractivity contribution in [2.45, 2.75) is 19.4 Å². The molecule has 0 fully saturated rings. The van der Waals surface area contributed by atoms with Gasteiger partial charge in [0.2, 0.25) is 0 Å². The van der Waals surface area contributed by atoms with Gasteiger partial charge in [-0.25, -0.2) is 4.79 Å². The van der Waals surface area contributed by atoms with Gasteiger partial charge in [0.05, 0.1) is 13.7 Å². The van der Waals surface area contributed by atoms with Crippen LogP contribution in [0.4, 0.5) is 0 Å². The summed E-state index contributed by atoms with van der Waals surface area (Å²) in [6, 6.07) is 7.28. The van der Waals surface area contributed by atoms with E-state index in [4.69, 9.17) is 4.74 Å². The quantitative estimate of drug-likeness (QED) is 0.762. The van der Waals surface area contributed by atoms with Crippen LogP contribution in [0.3, 0.4) is 0 Å². The topological polar surface area (TPSA) is 55.8 Å². The third-order valence-corrected chi connectivity index (χ3v) is 2.11. The van der Waals surface area contributed by atoms with E-state index in [-0.39, 0.29) is 6.42 Å². The lowest BCUT2D eigenvalue weighted by Crippen LogP contribution is -2.24. The molecule has 0 radical (unpaired) electrons. The Morgan fingerprint density at radius 1 is 1.50 bits per heavy atom. The Morgan fingerprint density at radius 2 is 2.25 bits per heavy atom. The van der Waals surface area contributed by atoms with Gasteiger partial charge in [-0.05, 0) is 24.6 Å². The van der Waals surface area contributed by atoms with Gasteiger partial charge in [0.1, 0.15) is 5.75 Å². The fraction of sp³-hybridized carbons (Fsp3) is 0.417. The Morgan fingerprint density at radius 3 is 2.88 bits per heavy atom. The number of ether oxygens (including phenoxy) is 2. The number of carbonyl (C=O) groups excluding carboxylic acids is 1. The average Bonchev–Trinajstić information content (AvgIpc) is 2.29. The Bertz CT molecular complexity index is 349. The van der Waals surface area contributed by atoms with Crippen molar-refractivity contribution in [3.8, 4) is 5.75 Å². The maximum absolute atomic E-state index is 11.0. The Hall–Kier alpha value is -1.55. The highest BCUT2D eigenvalue weighted by Crippen LogP contribution is 2.14. The Balaban J connectivity index is 2.66. The first kappa shape index (κ1) is 12.5. The second-order valence-electron chi connectivity index (χ2n) is 3.32. The maximum Gasteiger partial charge on any atom is 0.335 e. The lowest BCUT2D eigenvalue weighted by molar-refractivity contribution is -0.150. The molecule has 0 bridgehead atoms. The van der Waals surface area contributed by atoms with E-state index in [1.807, 2.05) is 25.1 Å². The van der Waals surface area contributed by atoms with Crippen molar-refractivity contribution >= 4 is 5.97 Å². The van der Waals surface area contributed by atoms with E-state index in [2.05, 4.69) is 4.74 Å². The molecular weight excluding hydrogens is 208 g/mol. The van der Waals surface area contributed by atoms with Crippen molar-refractivity contribution < 1.29 is 19.4 Å². The molecule has 88 valence electrons. The first-order chi connectivity index (χ1) is 7.67. The minimum atomic E-state index is -1.12. The van der Waals surface area contributed by atoms with Gasteiger partial charge in [0.15, 0.2) is 6.10 Å². The van der Waals surface area contributed by atoms with E-state index < -0.39 is 12.1 Å². The van der Waals surface area contributed by atoms with Gasteiger partial charge in [0, 0.05) is 6.42 Å². The molecule has 0 amide bonds. The van der Waals surface area contributed by atoms with Crippen LogP contribution in [0.2, 0.25) is 0 Å². The number of aliphatic hydroxyl groups excluding tert-OH is 1. The molecule has 1 N–H and O–H groups in total. The van der Waals surface area contributed by atoms with E-state index >= 15 is 0 Å². The molecule has 4 heteroatoms. The van der Waals surface area contributed by atoms with Crippen molar-refractivity contribution in [1.29, 1.82) is 0 Å². The van der Waals surface area contributed by atoms with Crippen LogP contribution < -0.4 is 4.74 Å². The monoisotopic (exact) mass is 224 g/mol. The van der Waals surface area contributed by atoms with Gasteiger partial charge in [-0.2, -0.15) is 0 Å². The highest BCUT2D eigenvalue weighted by Gasteiger charge is 2.15. The van der Waals surface area contributed by atoms with Gasteiger partial charge in [-0.1, -0.05) is 12.1 Å². The first-order valence-electron chi connectivity index (χ1n) is 5.15. The van der Waals surface area contributed by atoms with Crippen LogP contribution >= 0.6 is 0 Å². The van der Waals surface area contributed by atoms with Crippen molar-refractivity contribution in [2.75, 3.05) is 13.7 Å². The van der Waals surface area contributed by atoms with Crippen molar-refractivity contribution in [3.63, 3.8) is 0 Å². The third kappa shape index (κ3) is 3.55. The van der Waals surface area contributed by atoms with Crippen molar-refractivity contribution in [3.05, 3.63) is 29.8 Å². The molecule has 1 aromatic rings. The minimum absolute atomic E-state index is 0.230. The molecule has 1 atom stereocenters. The number of methoxy groups -OCH3 is 1. The molecule has 0 aliphatic carbocycles. The lowest BCUT2D eigenvalue weighted by atomic mass is 10.1. The molecule has 1 rings (SSSR count). The zero-order chi connectivity index (χ0) is 12.0. The second kappa shape index (κ2) is 6.12. The van der Waals surface area contributed by atoms with Crippen LogP contribution in [0, 0.1) is 0 Å². The molecule has 0 heterocycles. The normalized spacial score (nSPS) is 11.9. The Labute approximate surface area is 94.8 Å². The number of rotatable bonds is 5. The van der Waals surface area contributed by atoms with Crippen LogP contribution in [0.25, 0.3) is 0 Å². The van der Waals surface area contributed by atoms with E-state index in [0.29, 0.717) is 6.61 Å². The standard InChI is InChI=1S/C12H16O4/c1-3-16-10-6-4-5-9(7-10)8-11(13)12(14)15-2/h4-7,11,13H,3,8H2,1-2H3. The summed E-state index contributed by atoms with van der Waals surface area (Å²) in [7, 11) is 1.25. The molecule has 0 aliphatic heterocycles. The number of carbonyl (C=O) groups is 1. The fourth-order valence-corrected chi connectivity index (χ4v) is 1.37. The van der Waals surface area contributed by atoms with Gasteiger partial charge in [0.25, 0.3) is 0 Å². The van der Waals surface area contributed by atoms with Crippen molar-refractivity contribution in [1.82, 2.24) is 0 Å². The second-order valence-corrected chi connectivity index (χ2v) is 3.32. The van der Waals surface area contributed by atoms with Gasteiger partial charge >= 0.3 is 5.97 Å². The molecule has 1 unspecified atom stereocenters. The number of aliphatic hydroxyl groups is 1. The van der Waals surface area contributed by atoms with Crippen molar-refractivity contribution in [2.24, 2.45) is 0 Å². The smallest absolute Gasteiger partial charge is 0.335 e. The van der Waals surface area contributed by atoms with Crippen LogP contribution in [-0.4, -0.2) is 30.9 Å². The predicted octanol–water partition coefficient (Wildman–Crippen LogP) is 1.16. The largest absolute Gasteiger partial charge is 0.494 e. The lowest BCUT2D eigenvalue weighted by Gasteiger charge is -2.09. The van der Waals surface area contributed by atoms with E-state index in [9.17, 15) is 9.90 Å². The summed E-state index contributed by atoms with van der Waals surface area (Å²) in [6.45, 7) is 2.49. The van der Waals surface area contributed by atoms with Crippen LogP contribution in [0.1, 0.15) is 12.5 Å². The number of hydrogen-bond acceptors (Lipinski definition) is 4. The number of esters is 1. The molecule has 0 aromatic heterocycles. The molecule has 16 heavy (non-hydrogen) atoms. The summed E-state index contributed by atoms with van der Waals surface area (Å²) in [4.78, 5) is 11.0. The van der Waals surface area contributed by atoms with Crippen LogP contribution in [0.5, 0.6) is 5.75 Å². The molecular formula is C12H16O4. The minimum Gasteiger partial charge on any atom is -0.494 e. The fourth-order valence-electron chi connectivity index (χ4n) is 1.37. The molecule has 0 saturated heterocycles. The summed E-state index contributed by atoms with van der Waals surface area (Å²) < 4.78 is 9.76. The summed E-state index contributed by atoms with van der Waals surface area (Å²) in [5, 5.41) is 9.48. The van der Waals surface area contributed by atoms with Crippen LogP contribution in [-0.2, 0) is 16.0 Å². The van der Waals surface area contributed by atoms with E-state index in [1.54, 1.807) is 6.07 Å². The predicted molar refractivity (Wildman–Crippen MR) is 59.3 cm³/mol.